The molecule has 108 valence electrons. The molecule has 1 amide bonds. The van der Waals surface area contributed by atoms with E-state index in [4.69, 9.17) is 0 Å². The number of nitrogens with zero attached hydrogens (tertiary/aromatic N) is 3. The molecule has 0 saturated carbocycles. The lowest BCUT2D eigenvalue weighted by Gasteiger charge is -2.45. The van der Waals surface area contributed by atoms with Crippen LogP contribution in [0.4, 0.5) is 0 Å². The Kier molecular flexibility index (Phi) is 3.56. The first-order chi connectivity index (χ1) is 9.65. The van der Waals surface area contributed by atoms with Gasteiger partial charge in [-0.2, -0.15) is 5.10 Å². The van der Waals surface area contributed by atoms with Gasteiger partial charge in [0.1, 0.15) is 5.69 Å². The van der Waals surface area contributed by atoms with Crippen molar-refractivity contribution in [3.8, 4) is 0 Å². The summed E-state index contributed by atoms with van der Waals surface area (Å²) in [5, 5.41) is 6.16. The van der Waals surface area contributed by atoms with Crippen LogP contribution in [0.15, 0.2) is 16.9 Å². The van der Waals surface area contributed by atoms with Crippen molar-refractivity contribution in [2.45, 2.75) is 25.3 Å². The molecular formula is C14H20N4O2. The summed E-state index contributed by atoms with van der Waals surface area (Å²) in [6, 6.07) is 3.46. The number of piperidine rings is 2. The molecule has 6 heteroatoms. The number of hydrogen-bond donors (Lipinski definition) is 1. The fourth-order valence-corrected chi connectivity index (χ4v) is 3.46. The maximum atomic E-state index is 12.4. The lowest BCUT2D eigenvalue weighted by molar-refractivity contribution is 0.0312. The number of carbonyl (C=O) groups excluding carboxylic acids is 1. The molecule has 3 rings (SSSR count). The normalized spacial score (nSPS) is 27.1. The van der Waals surface area contributed by atoms with Crippen LogP contribution in [-0.4, -0.2) is 58.6 Å². The Hall–Kier alpha value is -1.69. The summed E-state index contributed by atoms with van der Waals surface area (Å²) in [6.07, 6.45) is 3.42. The van der Waals surface area contributed by atoms with Gasteiger partial charge in [0.25, 0.3) is 11.5 Å². The molecule has 0 spiro atoms. The Labute approximate surface area is 117 Å². The summed E-state index contributed by atoms with van der Waals surface area (Å²) in [6.45, 7) is 2.73. The van der Waals surface area contributed by atoms with E-state index in [0.717, 1.165) is 26.1 Å². The summed E-state index contributed by atoms with van der Waals surface area (Å²) in [5.41, 5.74) is 0.0429. The standard InChI is InChI=1S/C14H20N4O2/c1-17-7-2-3-10-9-18(8-6-12(10)17)14(20)11-4-5-13(19)16-15-11/h4-5,10,12H,2-3,6-9H2,1H3,(H,16,19). The van der Waals surface area contributed by atoms with Crippen LogP contribution in [0.25, 0.3) is 0 Å². The lowest BCUT2D eigenvalue weighted by Crippen LogP contribution is -2.54. The molecule has 0 radical (unpaired) electrons. The molecule has 2 atom stereocenters. The Morgan fingerprint density at radius 3 is 2.95 bits per heavy atom. The number of aromatic amines is 1. The smallest absolute Gasteiger partial charge is 0.274 e. The number of hydrogen-bond acceptors (Lipinski definition) is 4. The highest BCUT2D eigenvalue weighted by Gasteiger charge is 2.36. The minimum atomic E-state index is -0.283. The van der Waals surface area contributed by atoms with Gasteiger partial charge in [0, 0.05) is 25.2 Å². The van der Waals surface area contributed by atoms with E-state index in [2.05, 4.69) is 22.1 Å². The molecule has 2 unspecified atom stereocenters. The first-order valence-corrected chi connectivity index (χ1v) is 7.20. The largest absolute Gasteiger partial charge is 0.337 e. The molecule has 2 fully saturated rings. The minimum Gasteiger partial charge on any atom is -0.337 e. The third-order valence-electron chi connectivity index (χ3n) is 4.53. The predicted octanol–water partition coefficient (Wildman–Crippen LogP) is 0.326. The van der Waals surface area contributed by atoms with E-state index in [1.165, 1.54) is 25.0 Å². The number of likely N-dealkylation sites (tertiary alicyclic amines) is 2. The zero-order valence-electron chi connectivity index (χ0n) is 11.7. The van der Waals surface area contributed by atoms with Crippen LogP contribution in [0.5, 0.6) is 0 Å². The van der Waals surface area contributed by atoms with Gasteiger partial charge >= 0.3 is 0 Å². The third kappa shape index (κ3) is 2.47. The predicted molar refractivity (Wildman–Crippen MR) is 74.5 cm³/mol. The first-order valence-electron chi connectivity index (χ1n) is 7.20. The van der Waals surface area contributed by atoms with Gasteiger partial charge in [0.05, 0.1) is 0 Å². The van der Waals surface area contributed by atoms with Gasteiger partial charge in [-0.1, -0.05) is 0 Å². The summed E-state index contributed by atoms with van der Waals surface area (Å²) >= 11 is 0. The Bertz CT molecular complexity index is 536. The molecule has 1 aromatic heterocycles. The number of aromatic nitrogens is 2. The van der Waals surface area contributed by atoms with Crippen LogP contribution in [0, 0.1) is 5.92 Å². The number of carbonyl (C=O) groups is 1. The van der Waals surface area contributed by atoms with E-state index >= 15 is 0 Å². The summed E-state index contributed by atoms with van der Waals surface area (Å²) in [5.74, 6) is 0.488. The van der Waals surface area contributed by atoms with Crippen molar-refractivity contribution in [2.24, 2.45) is 5.92 Å². The summed E-state index contributed by atoms with van der Waals surface area (Å²) in [7, 11) is 2.18. The molecule has 1 aromatic rings. The van der Waals surface area contributed by atoms with E-state index in [-0.39, 0.29) is 11.5 Å². The average Bonchev–Trinajstić information content (AvgIpc) is 2.47. The maximum Gasteiger partial charge on any atom is 0.274 e. The topological polar surface area (TPSA) is 69.3 Å². The molecule has 6 nitrogen and oxygen atoms in total. The fourth-order valence-electron chi connectivity index (χ4n) is 3.46. The number of fused-ring (bicyclic) bond motifs is 1. The van der Waals surface area contributed by atoms with Crippen molar-refractivity contribution in [1.82, 2.24) is 20.0 Å². The lowest BCUT2D eigenvalue weighted by atomic mass is 9.84. The van der Waals surface area contributed by atoms with E-state index in [1.807, 2.05) is 4.90 Å². The van der Waals surface area contributed by atoms with Gasteiger partial charge in [-0.15, -0.1) is 0 Å². The van der Waals surface area contributed by atoms with Crippen molar-refractivity contribution in [1.29, 1.82) is 0 Å². The molecule has 0 bridgehead atoms. The molecule has 0 aromatic carbocycles. The van der Waals surface area contributed by atoms with Gasteiger partial charge in [-0.05, 0) is 44.8 Å². The highest BCUT2D eigenvalue weighted by Crippen LogP contribution is 2.29. The van der Waals surface area contributed by atoms with Crippen molar-refractivity contribution in [2.75, 3.05) is 26.7 Å². The molecule has 2 saturated heterocycles. The summed E-state index contributed by atoms with van der Waals surface area (Å²) in [4.78, 5) is 27.7. The van der Waals surface area contributed by atoms with Crippen LogP contribution in [0.3, 0.4) is 0 Å². The second kappa shape index (κ2) is 5.36. The van der Waals surface area contributed by atoms with Crippen molar-refractivity contribution in [3.63, 3.8) is 0 Å². The van der Waals surface area contributed by atoms with E-state index in [9.17, 15) is 9.59 Å². The monoisotopic (exact) mass is 276 g/mol. The number of rotatable bonds is 1. The van der Waals surface area contributed by atoms with Crippen molar-refractivity contribution >= 4 is 5.91 Å². The van der Waals surface area contributed by atoms with Crippen molar-refractivity contribution < 1.29 is 4.79 Å². The van der Waals surface area contributed by atoms with E-state index < -0.39 is 0 Å². The Morgan fingerprint density at radius 1 is 1.35 bits per heavy atom. The van der Waals surface area contributed by atoms with Crippen LogP contribution in [0.1, 0.15) is 29.8 Å². The molecule has 0 aliphatic carbocycles. The van der Waals surface area contributed by atoms with Crippen LogP contribution >= 0.6 is 0 Å². The van der Waals surface area contributed by atoms with Gasteiger partial charge in [-0.3, -0.25) is 9.59 Å². The second-order valence-corrected chi connectivity index (χ2v) is 5.80. The van der Waals surface area contributed by atoms with Gasteiger partial charge < -0.3 is 9.80 Å². The van der Waals surface area contributed by atoms with Crippen molar-refractivity contribution in [3.05, 3.63) is 28.2 Å². The Balaban J connectivity index is 1.71. The first kappa shape index (κ1) is 13.3. The van der Waals surface area contributed by atoms with Crippen LogP contribution in [-0.2, 0) is 0 Å². The minimum absolute atomic E-state index is 0.0760. The zero-order valence-corrected chi connectivity index (χ0v) is 11.7. The maximum absolute atomic E-state index is 12.4. The SMILES string of the molecule is CN1CCCC2CN(C(=O)c3ccc(=O)[nH]n3)CCC21. The Morgan fingerprint density at radius 2 is 2.20 bits per heavy atom. The fraction of sp³-hybridized carbons (Fsp3) is 0.643. The number of nitrogens with one attached hydrogen (secondary N) is 1. The van der Waals surface area contributed by atoms with E-state index in [1.54, 1.807) is 0 Å². The van der Waals surface area contributed by atoms with Gasteiger partial charge in [-0.25, -0.2) is 5.10 Å². The van der Waals surface area contributed by atoms with Crippen LogP contribution in [0.2, 0.25) is 0 Å². The molecule has 20 heavy (non-hydrogen) atoms. The molecule has 1 N–H and O–H groups in total. The zero-order chi connectivity index (χ0) is 14.1. The second-order valence-electron chi connectivity index (χ2n) is 5.80. The van der Waals surface area contributed by atoms with Gasteiger partial charge in [0.2, 0.25) is 0 Å². The highest BCUT2D eigenvalue weighted by molar-refractivity contribution is 5.92. The third-order valence-corrected chi connectivity index (χ3v) is 4.53. The number of amides is 1. The highest BCUT2D eigenvalue weighted by atomic mass is 16.2. The molecular weight excluding hydrogens is 256 g/mol. The molecule has 2 aliphatic rings. The average molecular weight is 276 g/mol. The van der Waals surface area contributed by atoms with E-state index in [0.29, 0.717) is 17.7 Å². The summed E-state index contributed by atoms with van der Waals surface area (Å²) < 4.78 is 0. The van der Waals surface area contributed by atoms with Crippen LogP contribution < -0.4 is 5.56 Å². The van der Waals surface area contributed by atoms with Gasteiger partial charge in [0.15, 0.2) is 0 Å². The number of H-pyrrole nitrogens is 1. The molecule has 2 aliphatic heterocycles. The quantitative estimate of drug-likeness (QED) is 0.802. The molecule has 3 heterocycles.